The molecular formula is C17H17N. The highest BCUT2D eigenvalue weighted by Crippen LogP contribution is 2.22. The normalized spacial score (nSPS) is 11.8. The van der Waals surface area contributed by atoms with Crippen LogP contribution >= 0.6 is 0 Å². The molecule has 0 amide bonds. The van der Waals surface area contributed by atoms with Crippen molar-refractivity contribution in [3.05, 3.63) is 59.7 Å². The van der Waals surface area contributed by atoms with E-state index in [1.807, 2.05) is 12.1 Å². The van der Waals surface area contributed by atoms with Gasteiger partial charge in [-0.2, -0.15) is 0 Å². The number of nitrogens with two attached hydrogens (primary N) is 1. The van der Waals surface area contributed by atoms with E-state index in [2.05, 4.69) is 49.2 Å². The molecule has 0 fully saturated rings. The van der Waals surface area contributed by atoms with Gasteiger partial charge in [-0.05, 0) is 41.3 Å². The molecular weight excluding hydrogens is 218 g/mol. The maximum Gasteiger partial charge on any atom is 0.0243 e. The molecule has 2 aromatic rings. The van der Waals surface area contributed by atoms with Crippen LogP contribution in [-0.2, 0) is 0 Å². The van der Waals surface area contributed by atoms with Crippen LogP contribution in [0.4, 0.5) is 0 Å². The van der Waals surface area contributed by atoms with Gasteiger partial charge in [-0.1, -0.05) is 49.2 Å². The minimum Gasteiger partial charge on any atom is -0.330 e. The van der Waals surface area contributed by atoms with E-state index in [0.29, 0.717) is 12.5 Å². The highest BCUT2D eigenvalue weighted by Gasteiger charge is 2.03. The Morgan fingerprint density at radius 3 is 1.94 bits per heavy atom. The summed E-state index contributed by atoms with van der Waals surface area (Å²) >= 11 is 0. The highest BCUT2D eigenvalue weighted by molar-refractivity contribution is 5.64. The van der Waals surface area contributed by atoms with E-state index >= 15 is 0 Å². The molecule has 1 nitrogen and oxygen atoms in total. The molecule has 0 bridgehead atoms. The lowest BCUT2D eigenvalue weighted by Crippen LogP contribution is -2.08. The topological polar surface area (TPSA) is 26.0 Å². The number of hydrogen-bond acceptors (Lipinski definition) is 1. The van der Waals surface area contributed by atoms with Crippen LogP contribution in [0.3, 0.4) is 0 Å². The van der Waals surface area contributed by atoms with Crippen molar-refractivity contribution in [1.82, 2.24) is 0 Å². The van der Waals surface area contributed by atoms with E-state index in [0.717, 1.165) is 5.56 Å². The van der Waals surface area contributed by atoms with Crippen molar-refractivity contribution in [1.29, 1.82) is 0 Å². The van der Waals surface area contributed by atoms with Crippen molar-refractivity contribution in [2.45, 2.75) is 12.8 Å². The minimum atomic E-state index is 0.405. The van der Waals surface area contributed by atoms with E-state index in [4.69, 9.17) is 12.2 Å². The van der Waals surface area contributed by atoms with Gasteiger partial charge < -0.3 is 5.73 Å². The zero-order valence-electron chi connectivity index (χ0n) is 10.6. The molecule has 0 heterocycles. The number of hydrogen-bond donors (Lipinski definition) is 1. The van der Waals surface area contributed by atoms with Gasteiger partial charge in [0.15, 0.2) is 0 Å². The van der Waals surface area contributed by atoms with Crippen LogP contribution in [0.2, 0.25) is 0 Å². The second-order valence-corrected chi connectivity index (χ2v) is 4.48. The fourth-order valence-corrected chi connectivity index (χ4v) is 1.90. The summed E-state index contributed by atoms with van der Waals surface area (Å²) < 4.78 is 0. The molecule has 0 aliphatic rings. The van der Waals surface area contributed by atoms with Gasteiger partial charge in [0.2, 0.25) is 0 Å². The third-order valence-electron chi connectivity index (χ3n) is 3.22. The van der Waals surface area contributed by atoms with Crippen LogP contribution in [0.15, 0.2) is 48.5 Å². The Kier molecular flexibility index (Phi) is 3.82. The third-order valence-corrected chi connectivity index (χ3v) is 3.22. The predicted molar refractivity (Wildman–Crippen MR) is 77.3 cm³/mol. The second-order valence-electron chi connectivity index (χ2n) is 4.48. The summed E-state index contributed by atoms with van der Waals surface area (Å²) in [5, 5.41) is 0. The second kappa shape index (κ2) is 5.53. The van der Waals surface area contributed by atoms with Crippen LogP contribution in [-0.4, -0.2) is 6.54 Å². The largest absolute Gasteiger partial charge is 0.330 e. The minimum absolute atomic E-state index is 0.405. The van der Waals surface area contributed by atoms with Crippen LogP contribution in [0.1, 0.15) is 24.0 Å². The predicted octanol–water partition coefficient (Wildman–Crippen LogP) is 3.40. The van der Waals surface area contributed by atoms with Crippen molar-refractivity contribution in [2.75, 3.05) is 6.54 Å². The zero-order valence-corrected chi connectivity index (χ0v) is 10.6. The molecule has 0 aliphatic carbocycles. The lowest BCUT2D eigenvalue weighted by molar-refractivity contribution is 0.774. The quantitative estimate of drug-likeness (QED) is 0.811. The number of benzene rings is 2. The Bertz CT molecular complexity index is 544. The summed E-state index contributed by atoms with van der Waals surface area (Å²) in [6.07, 6.45) is 5.35. The van der Waals surface area contributed by atoms with Gasteiger partial charge in [-0.3, -0.25) is 0 Å². The summed E-state index contributed by atoms with van der Waals surface area (Å²) in [5.41, 5.74) is 10.2. The summed E-state index contributed by atoms with van der Waals surface area (Å²) in [6.45, 7) is 2.81. The smallest absolute Gasteiger partial charge is 0.0243 e. The Hall–Kier alpha value is -2.04. The Labute approximate surface area is 109 Å². The maximum atomic E-state index is 5.67. The van der Waals surface area contributed by atoms with Crippen LogP contribution < -0.4 is 5.73 Å². The first-order valence-electron chi connectivity index (χ1n) is 6.11. The van der Waals surface area contributed by atoms with Gasteiger partial charge in [0.05, 0.1) is 0 Å². The third kappa shape index (κ3) is 2.61. The summed E-state index contributed by atoms with van der Waals surface area (Å²) in [5.74, 6) is 3.03. The van der Waals surface area contributed by atoms with Gasteiger partial charge in [-0.25, -0.2) is 0 Å². The molecule has 90 valence electrons. The van der Waals surface area contributed by atoms with E-state index in [9.17, 15) is 0 Å². The average Bonchev–Trinajstić information content (AvgIpc) is 2.47. The fourth-order valence-electron chi connectivity index (χ4n) is 1.90. The molecule has 1 heteroatoms. The highest BCUT2D eigenvalue weighted by atomic mass is 14.5. The van der Waals surface area contributed by atoms with Gasteiger partial charge in [0.25, 0.3) is 0 Å². The van der Waals surface area contributed by atoms with Crippen molar-refractivity contribution < 1.29 is 0 Å². The first-order valence-corrected chi connectivity index (χ1v) is 6.11. The van der Waals surface area contributed by atoms with Crippen molar-refractivity contribution in [2.24, 2.45) is 5.73 Å². The van der Waals surface area contributed by atoms with E-state index in [1.54, 1.807) is 0 Å². The average molecular weight is 235 g/mol. The van der Waals surface area contributed by atoms with Gasteiger partial charge in [0.1, 0.15) is 0 Å². The lowest BCUT2D eigenvalue weighted by Gasteiger charge is -2.09. The molecule has 2 N–H and O–H groups in total. The zero-order chi connectivity index (χ0) is 13.0. The van der Waals surface area contributed by atoms with Crippen LogP contribution in [0.5, 0.6) is 0 Å². The molecule has 2 aromatic carbocycles. The number of terminal acetylenes is 1. The Morgan fingerprint density at radius 1 is 1.00 bits per heavy atom. The first-order chi connectivity index (χ1) is 8.74. The molecule has 2 rings (SSSR count). The standard InChI is InChI=1S/C17H17N/c1-3-14-4-6-16(7-5-14)17-10-8-15(9-11-17)13(2)12-18/h1,4-11,13H,12,18H2,2H3. The van der Waals surface area contributed by atoms with Crippen molar-refractivity contribution in [3.8, 4) is 23.5 Å². The molecule has 18 heavy (non-hydrogen) atoms. The van der Waals surface area contributed by atoms with Crippen LogP contribution in [0, 0.1) is 12.3 Å². The molecule has 1 unspecified atom stereocenters. The van der Waals surface area contributed by atoms with E-state index in [-0.39, 0.29) is 0 Å². The molecule has 0 aromatic heterocycles. The lowest BCUT2D eigenvalue weighted by atomic mass is 9.97. The molecule has 0 radical (unpaired) electrons. The molecule has 0 saturated carbocycles. The SMILES string of the molecule is C#Cc1ccc(-c2ccc(C(C)CN)cc2)cc1. The summed E-state index contributed by atoms with van der Waals surface area (Å²) in [6, 6.07) is 16.6. The van der Waals surface area contributed by atoms with Gasteiger partial charge in [0, 0.05) is 5.56 Å². The van der Waals surface area contributed by atoms with Crippen molar-refractivity contribution in [3.63, 3.8) is 0 Å². The van der Waals surface area contributed by atoms with E-state index in [1.165, 1.54) is 16.7 Å². The monoisotopic (exact) mass is 235 g/mol. The number of rotatable bonds is 3. The van der Waals surface area contributed by atoms with Gasteiger partial charge >= 0.3 is 0 Å². The fraction of sp³-hybridized carbons (Fsp3) is 0.176. The molecule has 0 spiro atoms. The first kappa shape index (κ1) is 12.4. The summed E-state index contributed by atoms with van der Waals surface area (Å²) in [4.78, 5) is 0. The molecule has 0 saturated heterocycles. The van der Waals surface area contributed by atoms with E-state index < -0.39 is 0 Å². The maximum absolute atomic E-state index is 5.67. The molecule has 1 atom stereocenters. The van der Waals surface area contributed by atoms with Crippen molar-refractivity contribution >= 4 is 0 Å². The van der Waals surface area contributed by atoms with Gasteiger partial charge in [-0.15, -0.1) is 6.42 Å². The molecule has 0 aliphatic heterocycles. The Morgan fingerprint density at radius 2 is 1.50 bits per heavy atom. The summed E-state index contributed by atoms with van der Waals surface area (Å²) in [7, 11) is 0. The Balaban J connectivity index is 2.26. The van der Waals surface area contributed by atoms with Crippen LogP contribution in [0.25, 0.3) is 11.1 Å².